The van der Waals surface area contributed by atoms with E-state index in [0.717, 1.165) is 22.9 Å². The Morgan fingerprint density at radius 2 is 1.78 bits per heavy atom. The fourth-order valence-corrected chi connectivity index (χ4v) is 2.77. The average Bonchev–Trinajstić information content (AvgIpc) is 2.65. The second-order valence-corrected chi connectivity index (χ2v) is 5.72. The molecule has 1 N–H and O–H groups in total. The third-order valence-electron chi connectivity index (χ3n) is 3.94. The summed E-state index contributed by atoms with van der Waals surface area (Å²) in [5.74, 6) is -0.128. The van der Waals surface area contributed by atoms with E-state index in [4.69, 9.17) is 4.42 Å². The third kappa shape index (κ3) is 3.41. The minimum Gasteiger partial charge on any atom is -0.454 e. The van der Waals surface area contributed by atoms with Gasteiger partial charge in [0.05, 0.1) is 5.39 Å². The molecule has 2 aromatic heterocycles. The van der Waals surface area contributed by atoms with Crippen LogP contribution in [0, 0.1) is 0 Å². The summed E-state index contributed by atoms with van der Waals surface area (Å²) in [4.78, 5) is 4.33. The van der Waals surface area contributed by atoms with Gasteiger partial charge in [0.15, 0.2) is 5.76 Å². The van der Waals surface area contributed by atoms with Crippen molar-refractivity contribution in [3.05, 3.63) is 66.2 Å². The van der Waals surface area contributed by atoms with E-state index in [-0.39, 0.29) is 16.3 Å². The molecule has 0 spiro atoms. The van der Waals surface area contributed by atoms with E-state index in [2.05, 4.69) is 14.9 Å². The summed E-state index contributed by atoms with van der Waals surface area (Å²) in [5, 5.41) is 14.6. The Labute approximate surface area is 149 Å². The van der Waals surface area contributed by atoms with Gasteiger partial charge in [-0.05, 0) is 29.7 Å². The van der Waals surface area contributed by atoms with E-state index in [1.54, 1.807) is 6.20 Å². The van der Waals surface area contributed by atoms with Crippen LogP contribution in [0.25, 0.3) is 33.2 Å². The van der Waals surface area contributed by atoms with E-state index >= 15 is 0 Å². The van der Waals surface area contributed by atoms with Gasteiger partial charge in [0.25, 0.3) is 0 Å². The molecule has 27 heavy (non-hydrogen) atoms. The minimum absolute atomic E-state index is 0.0360. The Balaban J connectivity index is 1.86. The van der Waals surface area contributed by atoms with E-state index in [1.165, 1.54) is 12.1 Å². The average molecular weight is 372 g/mol. The first-order valence-electron chi connectivity index (χ1n) is 7.80. The molecule has 0 fully saturated rings. The molecule has 4 aromatic rings. The van der Waals surface area contributed by atoms with Crippen LogP contribution in [0.3, 0.4) is 0 Å². The van der Waals surface area contributed by atoms with Crippen molar-refractivity contribution in [1.29, 1.82) is 0 Å². The smallest absolute Gasteiger partial charge is 0.454 e. The number of rotatable bonds is 2. The second-order valence-electron chi connectivity index (χ2n) is 5.72. The first kappa shape index (κ1) is 16.9. The molecule has 0 aliphatic heterocycles. The van der Waals surface area contributed by atoms with Gasteiger partial charge in [-0.25, -0.2) is 0 Å². The number of hydrogen-bond donors (Lipinski definition) is 1. The standard InChI is InChI=1S/C19H11F3N2O3/c20-19(21,22)27-13-5-6-17-14(8-13)15(24-25)9-18(26-17)16-7-11-3-1-2-4-12(11)10-23-16/h1-10,25H/b24-15+. The second kappa shape index (κ2) is 6.31. The van der Waals surface area contributed by atoms with Crippen LogP contribution in [-0.4, -0.2) is 16.6 Å². The van der Waals surface area contributed by atoms with Gasteiger partial charge >= 0.3 is 6.36 Å². The molecule has 0 saturated carbocycles. The van der Waals surface area contributed by atoms with Crippen molar-refractivity contribution in [2.45, 2.75) is 6.36 Å². The molecule has 136 valence electrons. The molecule has 0 amide bonds. The summed E-state index contributed by atoms with van der Waals surface area (Å²) in [6.07, 6.45) is -3.14. The van der Waals surface area contributed by atoms with Crippen molar-refractivity contribution in [2.24, 2.45) is 5.16 Å². The highest BCUT2D eigenvalue weighted by Gasteiger charge is 2.31. The van der Waals surface area contributed by atoms with E-state index in [0.29, 0.717) is 11.5 Å². The Morgan fingerprint density at radius 1 is 1.00 bits per heavy atom. The predicted molar refractivity (Wildman–Crippen MR) is 91.0 cm³/mol. The van der Waals surface area contributed by atoms with Crippen molar-refractivity contribution in [3.8, 4) is 17.2 Å². The summed E-state index contributed by atoms with van der Waals surface area (Å²) >= 11 is 0. The molecule has 0 bridgehead atoms. The molecule has 4 rings (SSSR count). The van der Waals surface area contributed by atoms with Crippen LogP contribution in [0.1, 0.15) is 0 Å². The maximum atomic E-state index is 12.4. The lowest BCUT2D eigenvalue weighted by atomic mass is 10.1. The number of alkyl halides is 3. The normalized spacial score (nSPS) is 12.6. The first-order chi connectivity index (χ1) is 12.9. The van der Waals surface area contributed by atoms with Crippen molar-refractivity contribution in [2.75, 3.05) is 0 Å². The maximum Gasteiger partial charge on any atom is 0.573 e. The van der Waals surface area contributed by atoms with E-state index in [9.17, 15) is 18.4 Å². The van der Waals surface area contributed by atoms with Crippen molar-refractivity contribution in [1.82, 2.24) is 4.98 Å². The minimum atomic E-state index is -4.82. The summed E-state index contributed by atoms with van der Waals surface area (Å²) in [6, 6.07) is 14.4. The summed E-state index contributed by atoms with van der Waals surface area (Å²) in [6.45, 7) is 0. The van der Waals surface area contributed by atoms with Gasteiger partial charge in [-0.15, -0.1) is 13.2 Å². The molecule has 0 aliphatic rings. The molecular formula is C19H11F3N2O3. The van der Waals surface area contributed by atoms with Crippen molar-refractivity contribution in [3.63, 3.8) is 0 Å². The number of hydrogen-bond acceptors (Lipinski definition) is 5. The zero-order valence-electron chi connectivity index (χ0n) is 13.6. The van der Waals surface area contributed by atoms with Crippen LogP contribution in [0.5, 0.6) is 5.75 Å². The summed E-state index contributed by atoms with van der Waals surface area (Å²) < 4.78 is 46.9. The largest absolute Gasteiger partial charge is 0.573 e. The van der Waals surface area contributed by atoms with Gasteiger partial charge in [-0.3, -0.25) is 4.98 Å². The highest BCUT2D eigenvalue weighted by atomic mass is 19.4. The lowest BCUT2D eigenvalue weighted by Gasteiger charge is -2.10. The number of nitrogens with zero attached hydrogens (tertiary/aromatic N) is 2. The molecule has 5 nitrogen and oxygen atoms in total. The summed E-state index contributed by atoms with van der Waals surface area (Å²) in [7, 11) is 0. The topological polar surface area (TPSA) is 67.9 Å². The van der Waals surface area contributed by atoms with Gasteiger partial charge in [0, 0.05) is 17.6 Å². The number of fused-ring (bicyclic) bond motifs is 2. The molecule has 2 heterocycles. The Morgan fingerprint density at radius 3 is 2.52 bits per heavy atom. The van der Waals surface area contributed by atoms with E-state index in [1.807, 2.05) is 30.3 Å². The lowest BCUT2D eigenvalue weighted by Crippen LogP contribution is -2.17. The van der Waals surface area contributed by atoms with Crippen LogP contribution in [0.2, 0.25) is 0 Å². The van der Waals surface area contributed by atoms with Crippen LogP contribution in [-0.2, 0) is 0 Å². The van der Waals surface area contributed by atoms with Gasteiger partial charge in [0.2, 0.25) is 0 Å². The Hall–Kier alpha value is -3.55. The number of aromatic nitrogens is 1. The molecule has 0 radical (unpaired) electrons. The molecule has 0 atom stereocenters. The fourth-order valence-electron chi connectivity index (χ4n) is 2.77. The third-order valence-corrected chi connectivity index (χ3v) is 3.94. The maximum absolute atomic E-state index is 12.4. The predicted octanol–water partition coefficient (Wildman–Crippen LogP) is 4.84. The van der Waals surface area contributed by atoms with Gasteiger partial charge in [-0.1, -0.05) is 29.4 Å². The molecular weight excluding hydrogens is 361 g/mol. The number of pyridine rings is 1. The lowest BCUT2D eigenvalue weighted by molar-refractivity contribution is -0.274. The van der Waals surface area contributed by atoms with Crippen molar-refractivity contribution < 1.29 is 27.5 Å². The van der Waals surface area contributed by atoms with Crippen LogP contribution in [0.15, 0.2) is 70.4 Å². The highest BCUT2D eigenvalue weighted by Crippen LogP contribution is 2.28. The highest BCUT2D eigenvalue weighted by molar-refractivity contribution is 5.85. The molecule has 2 aromatic carbocycles. The van der Waals surface area contributed by atoms with E-state index < -0.39 is 12.1 Å². The van der Waals surface area contributed by atoms with Gasteiger partial charge in [0.1, 0.15) is 22.4 Å². The monoisotopic (exact) mass is 372 g/mol. The Kier molecular flexibility index (Phi) is 3.95. The molecule has 0 aliphatic carbocycles. The summed E-state index contributed by atoms with van der Waals surface area (Å²) in [5.41, 5.74) is 0.723. The zero-order valence-corrected chi connectivity index (χ0v) is 13.6. The number of benzene rings is 2. The van der Waals surface area contributed by atoms with Crippen LogP contribution in [0.4, 0.5) is 13.2 Å². The van der Waals surface area contributed by atoms with Gasteiger partial charge < -0.3 is 14.4 Å². The van der Waals surface area contributed by atoms with Gasteiger partial charge in [-0.2, -0.15) is 0 Å². The number of ether oxygens (including phenoxy) is 1. The molecule has 0 unspecified atom stereocenters. The zero-order chi connectivity index (χ0) is 19.0. The number of halogens is 3. The SMILES string of the molecule is O/N=c1\cc(-c2cc3ccccc3cn2)oc2ccc(OC(F)(F)F)cc12. The molecule has 8 heteroatoms. The quantitative estimate of drug-likeness (QED) is 0.404. The van der Waals surface area contributed by atoms with Crippen molar-refractivity contribution >= 4 is 21.7 Å². The first-order valence-corrected chi connectivity index (χ1v) is 7.80. The fraction of sp³-hybridized carbons (Fsp3) is 0.0526. The van der Waals surface area contributed by atoms with Crippen LogP contribution >= 0.6 is 0 Å². The van der Waals surface area contributed by atoms with Crippen LogP contribution < -0.4 is 10.1 Å². The molecule has 0 saturated heterocycles. The Bertz CT molecular complexity index is 1220.